The lowest BCUT2D eigenvalue weighted by molar-refractivity contribution is -0.137. The summed E-state index contributed by atoms with van der Waals surface area (Å²) < 4.78 is 37.3. The number of aliphatic hydroxyl groups excluding tert-OH is 1. The largest absolute Gasteiger partial charge is 0.416 e. The van der Waals surface area contributed by atoms with Gasteiger partial charge in [0.05, 0.1) is 16.9 Å². The fraction of sp³-hybridized carbons (Fsp3) is 0.500. The smallest absolute Gasteiger partial charge is 0.397 e. The number of aliphatic hydroxyl groups is 1. The summed E-state index contributed by atoms with van der Waals surface area (Å²) >= 11 is 1.67. The third kappa shape index (κ3) is 5.61. The molecule has 0 aliphatic rings. The van der Waals surface area contributed by atoms with E-state index in [0.29, 0.717) is 12.2 Å². The Bertz CT molecular complexity index is 399. The van der Waals surface area contributed by atoms with Crippen LogP contribution in [0.3, 0.4) is 0 Å². The van der Waals surface area contributed by atoms with Gasteiger partial charge in [-0.2, -0.15) is 24.9 Å². The van der Waals surface area contributed by atoms with Gasteiger partial charge in [0, 0.05) is 18.9 Å². The zero-order chi connectivity index (χ0) is 14.3. The van der Waals surface area contributed by atoms with Crippen molar-refractivity contribution in [2.45, 2.75) is 12.6 Å². The Kier molecular flexibility index (Phi) is 6.30. The van der Waals surface area contributed by atoms with Crippen LogP contribution in [0.15, 0.2) is 18.2 Å². The maximum Gasteiger partial charge on any atom is 0.416 e. The quantitative estimate of drug-likeness (QED) is 0.534. The summed E-state index contributed by atoms with van der Waals surface area (Å²) in [5.41, 5.74) is 5.44. The van der Waals surface area contributed by atoms with Crippen LogP contribution in [0.25, 0.3) is 0 Å². The number of hydrogen-bond acceptors (Lipinski definition) is 4. The monoisotopic (exact) mass is 294 g/mol. The zero-order valence-corrected chi connectivity index (χ0v) is 11.2. The van der Waals surface area contributed by atoms with Crippen LogP contribution in [-0.2, 0) is 6.18 Å². The highest BCUT2D eigenvalue weighted by Gasteiger charge is 2.30. The number of benzene rings is 1. The second-order valence-electron chi connectivity index (χ2n) is 3.92. The van der Waals surface area contributed by atoms with Gasteiger partial charge in [-0.15, -0.1) is 0 Å². The highest BCUT2D eigenvalue weighted by atomic mass is 32.2. The van der Waals surface area contributed by atoms with E-state index in [9.17, 15) is 13.2 Å². The summed E-state index contributed by atoms with van der Waals surface area (Å²) in [5, 5.41) is 11.6. The van der Waals surface area contributed by atoms with E-state index in [1.165, 1.54) is 6.07 Å². The van der Waals surface area contributed by atoms with Gasteiger partial charge in [-0.25, -0.2) is 0 Å². The molecule has 0 amide bonds. The molecule has 4 N–H and O–H groups in total. The molecule has 0 saturated heterocycles. The van der Waals surface area contributed by atoms with Gasteiger partial charge in [0.1, 0.15) is 0 Å². The second kappa shape index (κ2) is 7.49. The molecule has 0 saturated carbocycles. The van der Waals surface area contributed by atoms with Crippen LogP contribution in [0, 0.1) is 0 Å². The van der Waals surface area contributed by atoms with E-state index >= 15 is 0 Å². The number of halogens is 3. The molecular weight excluding hydrogens is 277 g/mol. The highest BCUT2D eigenvalue weighted by molar-refractivity contribution is 7.99. The van der Waals surface area contributed by atoms with E-state index in [4.69, 9.17) is 10.8 Å². The lowest BCUT2D eigenvalue weighted by atomic mass is 10.1. The topological polar surface area (TPSA) is 58.3 Å². The summed E-state index contributed by atoms with van der Waals surface area (Å²) in [6.45, 7) is 0.790. The molecule has 1 aromatic rings. The van der Waals surface area contributed by atoms with Crippen LogP contribution >= 0.6 is 11.8 Å². The minimum atomic E-state index is -4.37. The van der Waals surface area contributed by atoms with E-state index < -0.39 is 11.7 Å². The molecule has 0 bridgehead atoms. The first-order valence-corrected chi connectivity index (χ1v) is 7.00. The molecule has 3 nitrogen and oxygen atoms in total. The molecule has 0 radical (unpaired) electrons. The first-order chi connectivity index (χ1) is 8.95. The maximum atomic E-state index is 12.4. The van der Waals surface area contributed by atoms with E-state index in [1.807, 2.05) is 0 Å². The van der Waals surface area contributed by atoms with Crippen LogP contribution in [0.5, 0.6) is 0 Å². The fourth-order valence-electron chi connectivity index (χ4n) is 1.43. The Morgan fingerprint density at radius 2 is 2.00 bits per heavy atom. The van der Waals surface area contributed by atoms with Crippen LogP contribution in [0.4, 0.5) is 24.5 Å². The van der Waals surface area contributed by atoms with Crippen molar-refractivity contribution < 1.29 is 18.3 Å². The highest BCUT2D eigenvalue weighted by Crippen LogP contribution is 2.32. The number of nitrogens with one attached hydrogen (secondary N) is 1. The Morgan fingerprint density at radius 1 is 1.26 bits per heavy atom. The summed E-state index contributed by atoms with van der Waals surface area (Å²) in [7, 11) is 0. The molecule has 0 spiro atoms. The Morgan fingerprint density at radius 3 is 2.58 bits per heavy atom. The third-order valence-electron chi connectivity index (χ3n) is 2.39. The number of thioether (sulfide) groups is 1. The predicted octanol–water partition coefficient (Wildman–Crippen LogP) is 2.82. The molecule has 19 heavy (non-hydrogen) atoms. The van der Waals surface area contributed by atoms with Crippen molar-refractivity contribution in [3.05, 3.63) is 23.8 Å². The number of alkyl halides is 3. The standard InChI is InChI=1S/C12H17F3N2OS/c13-12(14,15)9-2-3-11(10(16)8-9)17-4-7-19-6-1-5-18/h2-3,8,17-18H,1,4-7,16H2. The van der Waals surface area contributed by atoms with Crippen LogP contribution in [-0.4, -0.2) is 29.8 Å². The molecular formula is C12H17F3N2OS. The van der Waals surface area contributed by atoms with Crippen LogP contribution in [0.2, 0.25) is 0 Å². The number of anilines is 2. The molecule has 1 rings (SSSR count). The predicted molar refractivity (Wildman–Crippen MR) is 73.4 cm³/mol. The second-order valence-corrected chi connectivity index (χ2v) is 5.14. The minimum Gasteiger partial charge on any atom is -0.397 e. The third-order valence-corrected chi connectivity index (χ3v) is 3.46. The zero-order valence-electron chi connectivity index (χ0n) is 10.3. The number of nitrogens with two attached hydrogens (primary N) is 1. The fourth-order valence-corrected chi connectivity index (χ4v) is 2.21. The lowest BCUT2D eigenvalue weighted by Crippen LogP contribution is -2.09. The summed E-state index contributed by atoms with van der Waals surface area (Å²) in [5.74, 6) is 1.67. The van der Waals surface area contributed by atoms with Gasteiger partial charge in [-0.1, -0.05) is 0 Å². The van der Waals surface area contributed by atoms with Gasteiger partial charge in [0.2, 0.25) is 0 Å². The van der Waals surface area contributed by atoms with Gasteiger partial charge < -0.3 is 16.2 Å². The van der Waals surface area contributed by atoms with E-state index in [1.54, 1.807) is 11.8 Å². The van der Waals surface area contributed by atoms with Crippen molar-refractivity contribution in [2.75, 3.05) is 35.7 Å². The van der Waals surface area contributed by atoms with Gasteiger partial charge in [0.25, 0.3) is 0 Å². The van der Waals surface area contributed by atoms with Crippen molar-refractivity contribution in [1.82, 2.24) is 0 Å². The molecule has 0 unspecified atom stereocenters. The number of hydrogen-bond donors (Lipinski definition) is 3. The van der Waals surface area contributed by atoms with E-state index in [-0.39, 0.29) is 12.3 Å². The normalized spacial score (nSPS) is 11.6. The molecule has 108 valence electrons. The van der Waals surface area contributed by atoms with Crippen molar-refractivity contribution in [2.24, 2.45) is 0 Å². The summed E-state index contributed by atoms with van der Waals surface area (Å²) in [6, 6.07) is 3.29. The number of nitrogen functional groups attached to an aromatic ring is 1. The maximum absolute atomic E-state index is 12.4. The molecule has 0 heterocycles. The summed E-state index contributed by atoms with van der Waals surface area (Å²) in [6.07, 6.45) is -3.63. The minimum absolute atomic E-state index is 0.0928. The molecule has 1 aromatic carbocycles. The summed E-state index contributed by atoms with van der Waals surface area (Å²) in [4.78, 5) is 0. The lowest BCUT2D eigenvalue weighted by Gasteiger charge is -2.12. The van der Waals surface area contributed by atoms with Crippen molar-refractivity contribution in [1.29, 1.82) is 0 Å². The van der Waals surface area contributed by atoms with Crippen molar-refractivity contribution in [3.8, 4) is 0 Å². The van der Waals surface area contributed by atoms with E-state index in [0.717, 1.165) is 30.1 Å². The first kappa shape index (κ1) is 16.0. The van der Waals surface area contributed by atoms with Crippen molar-refractivity contribution in [3.63, 3.8) is 0 Å². The Hall–Kier alpha value is -1.08. The molecule has 0 aliphatic carbocycles. The average molecular weight is 294 g/mol. The molecule has 0 aliphatic heterocycles. The van der Waals surface area contributed by atoms with E-state index in [2.05, 4.69) is 5.32 Å². The Labute approximate surface area is 114 Å². The van der Waals surface area contributed by atoms with Gasteiger partial charge in [-0.05, 0) is 30.4 Å². The molecule has 0 aromatic heterocycles. The molecule has 0 fully saturated rings. The molecule has 0 atom stereocenters. The molecule has 7 heteroatoms. The van der Waals surface area contributed by atoms with Crippen LogP contribution in [0.1, 0.15) is 12.0 Å². The van der Waals surface area contributed by atoms with Crippen molar-refractivity contribution >= 4 is 23.1 Å². The SMILES string of the molecule is Nc1cc(C(F)(F)F)ccc1NCCSCCCO. The van der Waals surface area contributed by atoms with Gasteiger partial charge in [-0.3, -0.25) is 0 Å². The average Bonchev–Trinajstić information content (AvgIpc) is 2.34. The Balaban J connectivity index is 2.43. The number of rotatable bonds is 7. The van der Waals surface area contributed by atoms with Gasteiger partial charge in [0.15, 0.2) is 0 Å². The van der Waals surface area contributed by atoms with Crippen LogP contribution < -0.4 is 11.1 Å². The first-order valence-electron chi connectivity index (χ1n) is 5.84. The van der Waals surface area contributed by atoms with Gasteiger partial charge >= 0.3 is 6.18 Å².